The van der Waals surface area contributed by atoms with Crippen LogP contribution in [0.5, 0.6) is 0 Å². The van der Waals surface area contributed by atoms with Gasteiger partial charge in [0.15, 0.2) is 0 Å². The first-order chi connectivity index (χ1) is 13.5. The number of carbonyl (C=O) groups excluding carboxylic acids is 1. The van der Waals surface area contributed by atoms with Crippen LogP contribution in [-0.2, 0) is 0 Å². The normalized spacial score (nSPS) is 14.9. The van der Waals surface area contributed by atoms with Crippen LogP contribution in [0.4, 0.5) is 11.6 Å². The van der Waals surface area contributed by atoms with E-state index in [-0.39, 0.29) is 11.6 Å². The first-order valence-corrected chi connectivity index (χ1v) is 9.27. The van der Waals surface area contributed by atoms with Gasteiger partial charge < -0.3 is 14.8 Å². The topological polar surface area (TPSA) is 95.4 Å². The summed E-state index contributed by atoms with van der Waals surface area (Å²) in [6, 6.07) is 12.5. The molecule has 28 heavy (non-hydrogen) atoms. The van der Waals surface area contributed by atoms with Crippen molar-refractivity contribution in [3.63, 3.8) is 0 Å². The summed E-state index contributed by atoms with van der Waals surface area (Å²) >= 11 is 0. The third-order valence-electron chi connectivity index (χ3n) is 5.19. The molecule has 0 radical (unpaired) electrons. The van der Waals surface area contributed by atoms with Crippen molar-refractivity contribution >= 4 is 28.6 Å². The Kier molecular flexibility index (Phi) is 4.68. The van der Waals surface area contributed by atoms with Gasteiger partial charge in [-0.1, -0.05) is 18.2 Å². The molecular weight excluding hydrogens is 358 g/mol. The van der Waals surface area contributed by atoms with Crippen LogP contribution in [0.2, 0.25) is 0 Å². The second-order valence-electron chi connectivity index (χ2n) is 6.92. The van der Waals surface area contributed by atoms with E-state index in [9.17, 15) is 14.9 Å². The summed E-state index contributed by atoms with van der Waals surface area (Å²) in [4.78, 5) is 35.6. The number of benzene rings is 2. The number of anilines is 1. The molecule has 2 aromatic carbocycles. The number of nitrogens with one attached hydrogen (secondary N) is 1. The lowest BCUT2D eigenvalue weighted by Crippen LogP contribution is -2.35. The van der Waals surface area contributed by atoms with Crippen molar-refractivity contribution in [3.05, 3.63) is 63.7 Å². The second kappa shape index (κ2) is 7.30. The third-order valence-corrected chi connectivity index (χ3v) is 5.19. The Morgan fingerprint density at radius 1 is 1.11 bits per heavy atom. The quantitative estimate of drug-likeness (QED) is 0.557. The van der Waals surface area contributed by atoms with E-state index in [2.05, 4.69) is 14.9 Å². The number of fused-ring (bicyclic) bond motifs is 1. The number of aromatic nitrogens is 2. The van der Waals surface area contributed by atoms with E-state index >= 15 is 0 Å². The number of nitrogens with zero attached hydrogens (tertiary/aromatic N) is 4. The molecule has 0 atom stereocenters. The van der Waals surface area contributed by atoms with Crippen molar-refractivity contribution in [2.45, 2.75) is 13.3 Å². The molecule has 8 nitrogen and oxygen atoms in total. The molecule has 1 amide bonds. The molecule has 4 rings (SSSR count). The molecule has 0 aliphatic carbocycles. The van der Waals surface area contributed by atoms with Gasteiger partial charge in [-0.15, -0.1) is 0 Å². The zero-order valence-electron chi connectivity index (χ0n) is 15.6. The van der Waals surface area contributed by atoms with Crippen molar-refractivity contribution in [3.8, 4) is 0 Å². The molecule has 1 fully saturated rings. The van der Waals surface area contributed by atoms with Gasteiger partial charge in [0, 0.05) is 43.4 Å². The Hall–Kier alpha value is -3.42. The minimum atomic E-state index is -0.447. The number of aromatic amines is 1. The van der Waals surface area contributed by atoms with E-state index in [0.29, 0.717) is 30.8 Å². The molecule has 144 valence electrons. The Labute approximate surface area is 161 Å². The largest absolute Gasteiger partial charge is 0.341 e. The number of rotatable bonds is 3. The van der Waals surface area contributed by atoms with E-state index in [1.165, 1.54) is 6.07 Å². The van der Waals surface area contributed by atoms with E-state index in [0.717, 1.165) is 29.9 Å². The summed E-state index contributed by atoms with van der Waals surface area (Å²) < 4.78 is 0. The molecule has 1 N–H and O–H groups in total. The van der Waals surface area contributed by atoms with Gasteiger partial charge in [0.25, 0.3) is 11.6 Å². The zero-order valence-corrected chi connectivity index (χ0v) is 15.6. The second-order valence-corrected chi connectivity index (χ2v) is 6.92. The fraction of sp³-hybridized carbons (Fsp3) is 0.300. The predicted molar refractivity (Wildman–Crippen MR) is 107 cm³/mol. The molecule has 1 aromatic heterocycles. The molecular formula is C20H21N5O3. The van der Waals surface area contributed by atoms with Crippen LogP contribution in [0.15, 0.2) is 42.5 Å². The van der Waals surface area contributed by atoms with Crippen molar-refractivity contribution in [2.24, 2.45) is 0 Å². The number of hydrogen-bond acceptors (Lipinski definition) is 5. The number of hydrogen-bond donors (Lipinski definition) is 1. The highest BCUT2D eigenvalue weighted by atomic mass is 16.6. The summed E-state index contributed by atoms with van der Waals surface area (Å²) in [5, 5.41) is 11.2. The highest BCUT2D eigenvalue weighted by molar-refractivity contribution is 5.96. The molecule has 2 heterocycles. The lowest BCUT2D eigenvalue weighted by atomic mass is 10.1. The fourth-order valence-corrected chi connectivity index (χ4v) is 3.64. The lowest BCUT2D eigenvalue weighted by Gasteiger charge is -2.22. The maximum atomic E-state index is 13.0. The van der Waals surface area contributed by atoms with Crippen molar-refractivity contribution in [1.29, 1.82) is 0 Å². The third kappa shape index (κ3) is 3.28. The van der Waals surface area contributed by atoms with Gasteiger partial charge >= 0.3 is 0 Å². The first-order valence-electron chi connectivity index (χ1n) is 9.27. The summed E-state index contributed by atoms with van der Waals surface area (Å²) in [6.45, 7) is 4.22. The number of amides is 1. The molecule has 1 aliphatic rings. The number of nitro groups is 1. The van der Waals surface area contributed by atoms with Gasteiger partial charge in [-0.05, 0) is 31.5 Å². The molecule has 1 saturated heterocycles. The predicted octanol–water partition coefficient (Wildman–Crippen LogP) is 3.13. The Bertz CT molecular complexity index is 1010. The number of nitro benzene ring substituents is 1. The van der Waals surface area contributed by atoms with Crippen LogP contribution in [0.1, 0.15) is 22.3 Å². The van der Waals surface area contributed by atoms with Crippen LogP contribution in [0.3, 0.4) is 0 Å². The number of imidazole rings is 1. The van der Waals surface area contributed by atoms with Crippen LogP contribution < -0.4 is 4.90 Å². The van der Waals surface area contributed by atoms with E-state index in [4.69, 9.17) is 0 Å². The zero-order chi connectivity index (χ0) is 19.7. The number of para-hydroxylation sites is 2. The molecule has 0 unspecified atom stereocenters. The molecule has 0 bridgehead atoms. The minimum Gasteiger partial charge on any atom is -0.341 e. The maximum absolute atomic E-state index is 13.0. The van der Waals surface area contributed by atoms with E-state index in [1.54, 1.807) is 24.0 Å². The van der Waals surface area contributed by atoms with E-state index < -0.39 is 4.92 Å². The summed E-state index contributed by atoms with van der Waals surface area (Å²) in [6.07, 6.45) is 0.802. The standard InChI is InChI=1S/C20H21N5O3/c1-14-15(6-4-9-18(14)25(27)28)19(26)23-10-5-11-24(13-12-23)20-21-16-7-2-3-8-17(16)22-20/h2-4,6-9H,5,10-13H2,1H3,(H,21,22). The SMILES string of the molecule is Cc1c(C(=O)N2CCCN(c3nc4ccccc4[nH]3)CC2)cccc1[N+](=O)[O-]. The highest BCUT2D eigenvalue weighted by Crippen LogP contribution is 2.23. The summed E-state index contributed by atoms with van der Waals surface area (Å²) in [5.41, 5.74) is 2.69. The van der Waals surface area contributed by atoms with Crippen molar-refractivity contribution in [1.82, 2.24) is 14.9 Å². The average Bonchev–Trinajstić information content (AvgIpc) is 2.97. The van der Waals surface area contributed by atoms with Crippen LogP contribution in [0.25, 0.3) is 11.0 Å². The van der Waals surface area contributed by atoms with Crippen LogP contribution in [0, 0.1) is 17.0 Å². The van der Waals surface area contributed by atoms with Gasteiger partial charge in [0.2, 0.25) is 5.95 Å². The highest BCUT2D eigenvalue weighted by Gasteiger charge is 2.25. The lowest BCUT2D eigenvalue weighted by molar-refractivity contribution is -0.385. The Balaban J connectivity index is 1.52. The molecule has 0 saturated carbocycles. The van der Waals surface area contributed by atoms with Crippen molar-refractivity contribution < 1.29 is 9.72 Å². The average molecular weight is 379 g/mol. The van der Waals surface area contributed by atoms with Crippen LogP contribution in [-0.4, -0.2) is 51.9 Å². The van der Waals surface area contributed by atoms with Gasteiger partial charge in [0.05, 0.1) is 16.0 Å². The maximum Gasteiger partial charge on any atom is 0.273 e. The smallest absolute Gasteiger partial charge is 0.273 e. The van der Waals surface area contributed by atoms with E-state index in [1.807, 2.05) is 24.3 Å². The summed E-state index contributed by atoms with van der Waals surface area (Å²) in [5.74, 6) is 0.648. The van der Waals surface area contributed by atoms with Gasteiger partial charge in [0.1, 0.15) is 0 Å². The van der Waals surface area contributed by atoms with Gasteiger partial charge in [-0.2, -0.15) is 0 Å². The Morgan fingerprint density at radius 2 is 1.93 bits per heavy atom. The number of carbonyl (C=O) groups is 1. The fourth-order valence-electron chi connectivity index (χ4n) is 3.64. The molecule has 1 aliphatic heterocycles. The van der Waals surface area contributed by atoms with Gasteiger partial charge in [-0.3, -0.25) is 14.9 Å². The monoisotopic (exact) mass is 379 g/mol. The van der Waals surface area contributed by atoms with Crippen LogP contribution >= 0.6 is 0 Å². The summed E-state index contributed by atoms with van der Waals surface area (Å²) in [7, 11) is 0. The molecule has 0 spiro atoms. The Morgan fingerprint density at radius 3 is 2.71 bits per heavy atom. The minimum absolute atomic E-state index is 0.0235. The molecule has 3 aromatic rings. The first kappa shape index (κ1) is 18.0. The molecule has 8 heteroatoms. The number of H-pyrrole nitrogens is 1. The van der Waals surface area contributed by atoms with Crippen molar-refractivity contribution in [2.75, 3.05) is 31.1 Å². The van der Waals surface area contributed by atoms with Gasteiger partial charge in [-0.25, -0.2) is 4.98 Å².